The highest BCUT2D eigenvalue weighted by Crippen LogP contribution is 2.22. The van der Waals surface area contributed by atoms with Gasteiger partial charge in [0.1, 0.15) is 23.3 Å². The standard InChI is InChI=1S/C9H8N4S/c1-5-6(3-10)8(12)13-9(14-2)7(5)4-11/h1-2H3,(H2,12,13)/p+1. The Balaban J connectivity index is 3.60. The first-order valence-corrected chi connectivity index (χ1v) is 5.07. The van der Waals surface area contributed by atoms with Gasteiger partial charge >= 0.3 is 0 Å². The second-order valence-electron chi connectivity index (χ2n) is 2.67. The lowest BCUT2D eigenvalue weighted by Crippen LogP contribution is -2.18. The van der Waals surface area contributed by atoms with E-state index in [-0.39, 0.29) is 0 Å². The Kier molecular flexibility index (Phi) is 2.95. The van der Waals surface area contributed by atoms with Gasteiger partial charge in [-0.3, -0.25) is 5.73 Å². The largest absolute Gasteiger partial charge is 0.289 e. The van der Waals surface area contributed by atoms with Crippen LogP contribution < -0.4 is 10.7 Å². The molecule has 5 heteroatoms. The number of rotatable bonds is 1. The van der Waals surface area contributed by atoms with Crippen LogP contribution in [0.5, 0.6) is 0 Å². The fourth-order valence-electron chi connectivity index (χ4n) is 1.18. The molecule has 14 heavy (non-hydrogen) atoms. The third kappa shape index (κ3) is 1.50. The van der Waals surface area contributed by atoms with Gasteiger partial charge in [-0.2, -0.15) is 10.5 Å². The number of nitrogen functional groups attached to an aromatic ring is 1. The van der Waals surface area contributed by atoms with E-state index in [0.717, 1.165) is 0 Å². The van der Waals surface area contributed by atoms with Crippen LogP contribution in [0.25, 0.3) is 0 Å². The van der Waals surface area contributed by atoms with Crippen LogP contribution in [-0.4, -0.2) is 6.26 Å². The van der Waals surface area contributed by atoms with Gasteiger partial charge in [-0.25, -0.2) is 4.98 Å². The minimum atomic E-state index is 0.313. The molecule has 1 aromatic rings. The molecular formula is C9H9N4S+. The zero-order valence-electron chi connectivity index (χ0n) is 7.88. The van der Waals surface area contributed by atoms with Gasteiger partial charge in [-0.15, -0.1) is 0 Å². The molecule has 0 atom stereocenters. The Bertz CT molecular complexity index is 453. The molecule has 0 radical (unpaired) electrons. The van der Waals surface area contributed by atoms with E-state index in [1.54, 1.807) is 6.92 Å². The summed E-state index contributed by atoms with van der Waals surface area (Å²) in [6, 6.07) is 4.03. The Morgan fingerprint density at radius 2 is 1.86 bits per heavy atom. The van der Waals surface area contributed by atoms with E-state index in [4.69, 9.17) is 16.3 Å². The fourth-order valence-corrected chi connectivity index (χ4v) is 1.79. The van der Waals surface area contributed by atoms with E-state index < -0.39 is 0 Å². The van der Waals surface area contributed by atoms with Gasteiger partial charge in [0, 0.05) is 0 Å². The van der Waals surface area contributed by atoms with Crippen molar-refractivity contribution in [1.82, 2.24) is 0 Å². The van der Waals surface area contributed by atoms with E-state index >= 15 is 0 Å². The molecule has 0 saturated heterocycles. The summed E-state index contributed by atoms with van der Waals surface area (Å²) in [5, 5.41) is 18.4. The summed E-state index contributed by atoms with van der Waals surface area (Å²) in [6.07, 6.45) is 1.84. The molecule has 1 rings (SSSR count). The first kappa shape index (κ1) is 10.4. The number of aromatic amines is 1. The van der Waals surface area contributed by atoms with Crippen molar-refractivity contribution >= 4 is 17.6 Å². The first-order valence-electron chi connectivity index (χ1n) is 3.85. The van der Waals surface area contributed by atoms with E-state index in [0.29, 0.717) is 27.5 Å². The normalized spacial score (nSPS) is 9.14. The SMILES string of the molecule is CSc1[nH+]c(N)c(C#N)c(C)c1C#N. The summed E-state index contributed by atoms with van der Waals surface area (Å²) >= 11 is 1.40. The van der Waals surface area contributed by atoms with Gasteiger partial charge in [0.05, 0.1) is 0 Å². The lowest BCUT2D eigenvalue weighted by atomic mass is 10.1. The van der Waals surface area contributed by atoms with E-state index in [9.17, 15) is 0 Å². The second-order valence-corrected chi connectivity index (χ2v) is 3.49. The van der Waals surface area contributed by atoms with Crippen LogP contribution in [0.1, 0.15) is 16.7 Å². The lowest BCUT2D eigenvalue weighted by molar-refractivity contribution is -0.410. The van der Waals surface area contributed by atoms with E-state index in [1.165, 1.54) is 11.8 Å². The van der Waals surface area contributed by atoms with Gasteiger partial charge in [0.2, 0.25) is 0 Å². The van der Waals surface area contributed by atoms with Crippen LogP contribution in [0, 0.1) is 29.6 Å². The summed E-state index contributed by atoms with van der Waals surface area (Å²) in [5.41, 5.74) is 7.10. The zero-order chi connectivity index (χ0) is 10.7. The number of pyridine rings is 1. The van der Waals surface area contributed by atoms with Crippen LogP contribution >= 0.6 is 11.8 Å². The monoisotopic (exact) mass is 205 g/mol. The van der Waals surface area contributed by atoms with Gasteiger partial charge in [0.15, 0.2) is 5.03 Å². The Hall–Kier alpha value is -1.72. The molecule has 0 bridgehead atoms. The number of H-pyrrole nitrogens is 1. The van der Waals surface area contributed by atoms with Crippen molar-refractivity contribution in [2.75, 3.05) is 12.0 Å². The Morgan fingerprint density at radius 3 is 2.29 bits per heavy atom. The lowest BCUT2D eigenvalue weighted by Gasteiger charge is -2.03. The molecular weight excluding hydrogens is 196 g/mol. The van der Waals surface area contributed by atoms with Crippen molar-refractivity contribution in [2.45, 2.75) is 11.9 Å². The highest BCUT2D eigenvalue weighted by molar-refractivity contribution is 7.98. The average Bonchev–Trinajstić information content (AvgIpc) is 2.17. The Morgan fingerprint density at radius 1 is 1.29 bits per heavy atom. The number of nitrogens with two attached hydrogens (primary N) is 1. The maximum Gasteiger partial charge on any atom is 0.289 e. The smallest absolute Gasteiger partial charge is 0.286 e. The minimum absolute atomic E-state index is 0.313. The van der Waals surface area contributed by atoms with E-state index in [2.05, 4.69) is 11.1 Å². The molecule has 0 amide bonds. The fraction of sp³-hybridized carbons (Fsp3) is 0.222. The second kappa shape index (κ2) is 3.99. The number of nitriles is 2. The predicted molar refractivity (Wildman–Crippen MR) is 53.4 cm³/mol. The molecule has 1 aromatic heterocycles. The third-order valence-corrected chi connectivity index (χ3v) is 2.64. The molecule has 0 unspecified atom stereocenters. The zero-order valence-corrected chi connectivity index (χ0v) is 8.70. The molecule has 0 aliphatic rings. The highest BCUT2D eigenvalue weighted by Gasteiger charge is 2.18. The van der Waals surface area contributed by atoms with E-state index in [1.807, 2.05) is 12.3 Å². The molecule has 0 fully saturated rings. The van der Waals surface area contributed by atoms with Crippen LogP contribution in [0.2, 0.25) is 0 Å². The van der Waals surface area contributed by atoms with Gasteiger partial charge in [-0.1, -0.05) is 11.8 Å². The number of anilines is 1. The quantitative estimate of drug-likeness (QED) is 0.688. The number of hydrogen-bond donors (Lipinski definition) is 1. The van der Waals surface area contributed by atoms with Crippen molar-refractivity contribution in [3.63, 3.8) is 0 Å². The van der Waals surface area contributed by atoms with Crippen molar-refractivity contribution in [3.05, 3.63) is 16.7 Å². The van der Waals surface area contributed by atoms with Crippen LogP contribution in [0.3, 0.4) is 0 Å². The minimum Gasteiger partial charge on any atom is -0.286 e. The van der Waals surface area contributed by atoms with Crippen LogP contribution in [0.4, 0.5) is 5.82 Å². The van der Waals surface area contributed by atoms with Crippen molar-refractivity contribution in [2.24, 2.45) is 0 Å². The first-order chi connectivity index (χ1) is 6.65. The number of thioether (sulfide) groups is 1. The summed E-state index contributed by atoms with van der Waals surface area (Å²) < 4.78 is 0. The molecule has 0 spiro atoms. The van der Waals surface area contributed by atoms with Crippen molar-refractivity contribution < 1.29 is 4.98 Å². The summed E-state index contributed by atoms with van der Waals surface area (Å²) in [7, 11) is 0. The highest BCUT2D eigenvalue weighted by atomic mass is 32.2. The summed E-state index contributed by atoms with van der Waals surface area (Å²) in [4.78, 5) is 2.83. The molecule has 1 heterocycles. The maximum absolute atomic E-state index is 8.91. The average molecular weight is 205 g/mol. The molecule has 0 aromatic carbocycles. The van der Waals surface area contributed by atoms with Gasteiger partial charge in [0.25, 0.3) is 5.82 Å². The molecule has 70 valence electrons. The topological polar surface area (TPSA) is 87.7 Å². The number of nitrogens with one attached hydrogen (secondary N) is 1. The van der Waals surface area contributed by atoms with Gasteiger partial charge < -0.3 is 0 Å². The van der Waals surface area contributed by atoms with Crippen LogP contribution in [-0.2, 0) is 0 Å². The predicted octanol–water partition coefficient (Wildman–Crippen LogP) is 0.857. The number of nitrogens with zero attached hydrogens (tertiary/aromatic N) is 2. The van der Waals surface area contributed by atoms with Crippen molar-refractivity contribution in [3.8, 4) is 12.1 Å². The van der Waals surface area contributed by atoms with Crippen LogP contribution in [0.15, 0.2) is 5.03 Å². The maximum atomic E-state index is 8.91. The third-order valence-electron chi connectivity index (χ3n) is 1.92. The molecule has 0 aliphatic carbocycles. The number of aromatic nitrogens is 1. The van der Waals surface area contributed by atoms with Crippen molar-refractivity contribution in [1.29, 1.82) is 10.5 Å². The Labute approximate surface area is 86.4 Å². The molecule has 0 aliphatic heterocycles. The summed E-state index contributed by atoms with van der Waals surface area (Å²) in [6.45, 7) is 1.72. The summed E-state index contributed by atoms with van der Waals surface area (Å²) in [5.74, 6) is 0.313. The molecule has 3 N–H and O–H groups in total. The molecule has 4 nitrogen and oxygen atoms in total. The number of hydrogen-bond acceptors (Lipinski definition) is 4. The van der Waals surface area contributed by atoms with Gasteiger partial charge in [-0.05, 0) is 18.7 Å². The molecule has 0 saturated carbocycles.